The first kappa shape index (κ1) is 14.8. The lowest BCUT2D eigenvalue weighted by molar-refractivity contribution is -0.122. The Morgan fingerprint density at radius 2 is 1.63 bits per heavy atom. The van der Waals surface area contributed by atoms with Gasteiger partial charge in [-0.25, -0.2) is 0 Å². The zero-order valence-electron chi connectivity index (χ0n) is 12.3. The fourth-order valence-corrected chi connectivity index (χ4v) is 3.38. The summed E-state index contributed by atoms with van der Waals surface area (Å²) in [6.07, 6.45) is 14.6. The Labute approximate surface area is 117 Å². The summed E-state index contributed by atoms with van der Waals surface area (Å²) in [5.41, 5.74) is 0. The third kappa shape index (κ3) is 5.94. The lowest BCUT2D eigenvalue weighted by Gasteiger charge is -2.24. The normalized spacial score (nSPS) is 26.4. The first-order chi connectivity index (χ1) is 9.34. The Balaban J connectivity index is 1.61. The second-order valence-corrected chi connectivity index (χ2v) is 6.30. The molecule has 0 aromatic carbocycles. The Bertz CT molecular complexity index is 253. The molecule has 1 amide bonds. The molecule has 1 atom stereocenters. The van der Waals surface area contributed by atoms with Crippen molar-refractivity contribution >= 4 is 5.91 Å². The van der Waals surface area contributed by atoms with Gasteiger partial charge < -0.3 is 10.6 Å². The number of hydrogen-bond acceptors (Lipinski definition) is 2. The molecule has 2 rings (SSSR count). The molecular formula is C16H30N2O. The summed E-state index contributed by atoms with van der Waals surface area (Å²) in [5.74, 6) is 0.276. The number of carbonyl (C=O) groups excluding carboxylic acids is 1. The average molecular weight is 266 g/mol. The van der Waals surface area contributed by atoms with Crippen LogP contribution in [-0.4, -0.2) is 24.5 Å². The Morgan fingerprint density at radius 1 is 0.947 bits per heavy atom. The summed E-state index contributed by atoms with van der Waals surface area (Å²) in [4.78, 5) is 12.0. The van der Waals surface area contributed by atoms with Crippen molar-refractivity contribution in [2.45, 2.75) is 89.1 Å². The summed E-state index contributed by atoms with van der Waals surface area (Å²) in [7, 11) is 0. The Morgan fingerprint density at radius 3 is 2.32 bits per heavy atom. The van der Waals surface area contributed by atoms with Gasteiger partial charge in [-0.05, 0) is 38.6 Å². The minimum atomic E-state index is 0.276. The van der Waals surface area contributed by atoms with Gasteiger partial charge in [0.15, 0.2) is 0 Å². The maximum atomic E-state index is 12.0. The van der Waals surface area contributed by atoms with Crippen molar-refractivity contribution in [3.05, 3.63) is 0 Å². The highest BCUT2D eigenvalue weighted by molar-refractivity contribution is 5.76. The molecule has 2 aliphatic rings. The summed E-state index contributed by atoms with van der Waals surface area (Å²) in [6.45, 7) is 1.13. The van der Waals surface area contributed by atoms with Gasteiger partial charge in [0.2, 0.25) is 5.91 Å². The van der Waals surface area contributed by atoms with E-state index in [1.807, 2.05) is 0 Å². The molecule has 1 unspecified atom stereocenters. The van der Waals surface area contributed by atoms with Gasteiger partial charge in [-0.15, -0.1) is 0 Å². The second kappa shape index (κ2) is 8.57. The van der Waals surface area contributed by atoms with Crippen LogP contribution in [0.5, 0.6) is 0 Å². The Hall–Kier alpha value is -0.570. The van der Waals surface area contributed by atoms with Crippen LogP contribution in [0.1, 0.15) is 77.0 Å². The summed E-state index contributed by atoms with van der Waals surface area (Å²) in [5, 5.41) is 6.78. The minimum Gasteiger partial charge on any atom is -0.353 e. The molecular weight excluding hydrogens is 236 g/mol. The molecule has 1 aliphatic carbocycles. The molecule has 3 nitrogen and oxygen atoms in total. The number of amides is 1. The highest BCUT2D eigenvalue weighted by Gasteiger charge is 2.17. The quantitative estimate of drug-likeness (QED) is 0.821. The molecule has 110 valence electrons. The van der Waals surface area contributed by atoms with Crippen LogP contribution in [0.3, 0.4) is 0 Å². The van der Waals surface area contributed by atoms with Crippen molar-refractivity contribution in [1.82, 2.24) is 10.6 Å². The third-order valence-corrected chi connectivity index (χ3v) is 4.60. The minimum absolute atomic E-state index is 0.276. The molecule has 3 heteroatoms. The van der Waals surface area contributed by atoms with Crippen molar-refractivity contribution in [3.8, 4) is 0 Å². The van der Waals surface area contributed by atoms with Crippen LogP contribution in [0, 0.1) is 0 Å². The van der Waals surface area contributed by atoms with Crippen LogP contribution in [0.15, 0.2) is 0 Å². The molecule has 0 bridgehead atoms. The van der Waals surface area contributed by atoms with Gasteiger partial charge in [0.05, 0.1) is 0 Å². The SMILES string of the molecule is O=C(CCC1CCCCN1)NC1CCCCCCC1. The fraction of sp³-hybridized carbons (Fsp3) is 0.938. The standard InChI is InChI=1S/C16H30N2O/c19-16(12-11-14-8-6-7-13-17-14)18-15-9-4-2-1-3-5-10-15/h14-15,17H,1-13H2,(H,18,19). The Kier molecular flexibility index (Phi) is 6.69. The van der Waals surface area contributed by atoms with E-state index < -0.39 is 0 Å². The lowest BCUT2D eigenvalue weighted by Crippen LogP contribution is -2.38. The fourth-order valence-electron chi connectivity index (χ4n) is 3.38. The molecule has 0 aromatic rings. The van der Waals surface area contributed by atoms with Crippen LogP contribution in [0.4, 0.5) is 0 Å². The second-order valence-electron chi connectivity index (χ2n) is 6.30. The smallest absolute Gasteiger partial charge is 0.220 e. The molecule has 1 aliphatic heterocycles. The molecule has 1 heterocycles. The predicted molar refractivity (Wildman–Crippen MR) is 79.1 cm³/mol. The van der Waals surface area contributed by atoms with Crippen LogP contribution < -0.4 is 10.6 Å². The van der Waals surface area contributed by atoms with Crippen molar-refractivity contribution < 1.29 is 4.79 Å². The summed E-state index contributed by atoms with van der Waals surface area (Å²) in [6, 6.07) is 1.03. The molecule has 0 aromatic heterocycles. The largest absolute Gasteiger partial charge is 0.353 e. The maximum absolute atomic E-state index is 12.0. The average Bonchev–Trinajstić information content (AvgIpc) is 2.41. The molecule has 1 saturated heterocycles. The zero-order valence-corrected chi connectivity index (χ0v) is 12.3. The van der Waals surface area contributed by atoms with Crippen LogP contribution in [0.25, 0.3) is 0 Å². The van der Waals surface area contributed by atoms with E-state index >= 15 is 0 Å². The molecule has 1 saturated carbocycles. The predicted octanol–water partition coefficient (Wildman–Crippen LogP) is 3.14. The molecule has 2 N–H and O–H groups in total. The van der Waals surface area contributed by atoms with E-state index in [4.69, 9.17) is 0 Å². The highest BCUT2D eigenvalue weighted by atomic mass is 16.1. The number of piperidine rings is 1. The summed E-state index contributed by atoms with van der Waals surface area (Å²) < 4.78 is 0. The molecule has 0 spiro atoms. The van der Waals surface area contributed by atoms with Gasteiger partial charge in [0, 0.05) is 18.5 Å². The number of carbonyl (C=O) groups is 1. The third-order valence-electron chi connectivity index (χ3n) is 4.60. The van der Waals surface area contributed by atoms with Crippen molar-refractivity contribution in [2.24, 2.45) is 0 Å². The lowest BCUT2D eigenvalue weighted by atomic mass is 9.96. The van der Waals surface area contributed by atoms with E-state index in [1.54, 1.807) is 0 Å². The van der Waals surface area contributed by atoms with Gasteiger partial charge in [0.1, 0.15) is 0 Å². The number of nitrogens with one attached hydrogen (secondary N) is 2. The maximum Gasteiger partial charge on any atom is 0.220 e. The van der Waals surface area contributed by atoms with Gasteiger partial charge in [-0.2, -0.15) is 0 Å². The van der Waals surface area contributed by atoms with Crippen LogP contribution >= 0.6 is 0 Å². The molecule has 19 heavy (non-hydrogen) atoms. The van der Waals surface area contributed by atoms with E-state index in [0.29, 0.717) is 18.5 Å². The first-order valence-corrected chi connectivity index (χ1v) is 8.37. The highest BCUT2D eigenvalue weighted by Crippen LogP contribution is 2.17. The van der Waals surface area contributed by atoms with Gasteiger partial charge in [0.25, 0.3) is 0 Å². The number of rotatable bonds is 4. The monoisotopic (exact) mass is 266 g/mol. The topological polar surface area (TPSA) is 41.1 Å². The van der Waals surface area contributed by atoms with Gasteiger partial charge >= 0.3 is 0 Å². The van der Waals surface area contributed by atoms with Crippen molar-refractivity contribution in [1.29, 1.82) is 0 Å². The number of hydrogen-bond donors (Lipinski definition) is 2. The van der Waals surface area contributed by atoms with E-state index in [9.17, 15) is 4.79 Å². The molecule has 2 fully saturated rings. The summed E-state index contributed by atoms with van der Waals surface area (Å²) >= 11 is 0. The molecule has 0 radical (unpaired) electrons. The van der Waals surface area contributed by atoms with Crippen LogP contribution in [0.2, 0.25) is 0 Å². The van der Waals surface area contributed by atoms with E-state index in [-0.39, 0.29) is 5.91 Å². The van der Waals surface area contributed by atoms with Gasteiger partial charge in [-0.3, -0.25) is 4.79 Å². The van der Waals surface area contributed by atoms with E-state index in [0.717, 1.165) is 13.0 Å². The van der Waals surface area contributed by atoms with Crippen LogP contribution in [-0.2, 0) is 4.79 Å². The first-order valence-electron chi connectivity index (χ1n) is 8.37. The van der Waals surface area contributed by atoms with Gasteiger partial charge in [-0.1, -0.05) is 38.5 Å². The zero-order chi connectivity index (χ0) is 13.3. The van der Waals surface area contributed by atoms with Crippen molar-refractivity contribution in [2.75, 3.05) is 6.54 Å². The van der Waals surface area contributed by atoms with E-state index in [1.165, 1.54) is 64.2 Å². The van der Waals surface area contributed by atoms with E-state index in [2.05, 4.69) is 10.6 Å². The van der Waals surface area contributed by atoms with Crippen molar-refractivity contribution in [3.63, 3.8) is 0 Å².